The van der Waals surface area contributed by atoms with Gasteiger partial charge in [0.25, 0.3) is 0 Å². The normalized spacial score (nSPS) is 20.1. The summed E-state index contributed by atoms with van der Waals surface area (Å²) in [5.41, 5.74) is 1.08. The van der Waals surface area contributed by atoms with E-state index in [1.165, 1.54) is 0 Å². The quantitative estimate of drug-likeness (QED) is 0.817. The number of hydrogen-bond donors (Lipinski definition) is 2. The molecule has 1 unspecified atom stereocenters. The van der Waals surface area contributed by atoms with Crippen LogP contribution in [-0.2, 0) is 9.59 Å². The van der Waals surface area contributed by atoms with E-state index in [0.717, 1.165) is 38.2 Å². The Morgan fingerprint density at radius 1 is 1.24 bits per heavy atom. The number of carbonyl (C=O) groups is 2. The highest BCUT2D eigenvalue weighted by atomic mass is 35.5. The SMILES string of the molecule is Cl.O=C(NCC(=O)N1CCN(c2cccc(Cl)c2)CC1)C1CCCN1. The van der Waals surface area contributed by atoms with Crippen molar-refractivity contribution in [1.29, 1.82) is 0 Å². The van der Waals surface area contributed by atoms with Gasteiger partial charge >= 0.3 is 0 Å². The summed E-state index contributed by atoms with van der Waals surface area (Å²) in [7, 11) is 0. The second-order valence-electron chi connectivity index (χ2n) is 6.21. The van der Waals surface area contributed by atoms with E-state index in [1.807, 2.05) is 29.2 Å². The number of anilines is 1. The summed E-state index contributed by atoms with van der Waals surface area (Å²) in [5.74, 6) is -0.0921. The molecule has 25 heavy (non-hydrogen) atoms. The lowest BCUT2D eigenvalue weighted by Gasteiger charge is -2.36. The summed E-state index contributed by atoms with van der Waals surface area (Å²) < 4.78 is 0. The summed E-state index contributed by atoms with van der Waals surface area (Å²) in [4.78, 5) is 28.2. The molecule has 0 radical (unpaired) electrons. The number of nitrogens with one attached hydrogen (secondary N) is 2. The summed E-state index contributed by atoms with van der Waals surface area (Å²) in [6, 6.07) is 7.61. The molecule has 8 heteroatoms. The van der Waals surface area contributed by atoms with Crippen molar-refractivity contribution in [3.63, 3.8) is 0 Å². The first-order valence-electron chi connectivity index (χ1n) is 8.43. The molecule has 3 rings (SSSR count). The molecule has 2 N–H and O–H groups in total. The van der Waals surface area contributed by atoms with E-state index in [4.69, 9.17) is 11.6 Å². The highest BCUT2D eigenvalue weighted by Crippen LogP contribution is 2.20. The Bertz CT molecular complexity index is 600. The predicted molar refractivity (Wildman–Crippen MR) is 102 cm³/mol. The minimum atomic E-state index is -0.141. The highest BCUT2D eigenvalue weighted by Gasteiger charge is 2.24. The van der Waals surface area contributed by atoms with E-state index in [0.29, 0.717) is 18.1 Å². The van der Waals surface area contributed by atoms with Crippen LogP contribution in [0.4, 0.5) is 5.69 Å². The molecule has 6 nitrogen and oxygen atoms in total. The number of carbonyl (C=O) groups excluding carboxylic acids is 2. The van der Waals surface area contributed by atoms with Crippen LogP contribution < -0.4 is 15.5 Å². The molecule has 0 spiro atoms. The van der Waals surface area contributed by atoms with Crippen molar-refractivity contribution in [2.24, 2.45) is 0 Å². The van der Waals surface area contributed by atoms with Gasteiger partial charge in [-0.3, -0.25) is 9.59 Å². The molecule has 2 fully saturated rings. The van der Waals surface area contributed by atoms with Crippen LogP contribution in [0.15, 0.2) is 24.3 Å². The topological polar surface area (TPSA) is 64.7 Å². The first kappa shape index (κ1) is 19.8. The van der Waals surface area contributed by atoms with Crippen molar-refractivity contribution in [3.05, 3.63) is 29.3 Å². The molecule has 1 aromatic rings. The second-order valence-corrected chi connectivity index (χ2v) is 6.65. The lowest BCUT2D eigenvalue weighted by molar-refractivity contribution is -0.133. The fourth-order valence-electron chi connectivity index (χ4n) is 3.19. The van der Waals surface area contributed by atoms with E-state index < -0.39 is 0 Å². The van der Waals surface area contributed by atoms with Crippen LogP contribution >= 0.6 is 24.0 Å². The van der Waals surface area contributed by atoms with Gasteiger partial charge in [-0.1, -0.05) is 17.7 Å². The van der Waals surface area contributed by atoms with Gasteiger partial charge in [0, 0.05) is 36.9 Å². The molecule has 0 saturated carbocycles. The maximum atomic E-state index is 12.3. The second kappa shape index (κ2) is 9.27. The van der Waals surface area contributed by atoms with Gasteiger partial charge in [0.05, 0.1) is 12.6 Å². The van der Waals surface area contributed by atoms with E-state index in [1.54, 1.807) is 0 Å². The average molecular weight is 387 g/mol. The van der Waals surface area contributed by atoms with E-state index in [9.17, 15) is 9.59 Å². The van der Waals surface area contributed by atoms with Crippen LogP contribution in [0.3, 0.4) is 0 Å². The lowest BCUT2D eigenvalue weighted by Crippen LogP contribution is -2.52. The third-order valence-corrected chi connectivity index (χ3v) is 4.83. The monoisotopic (exact) mass is 386 g/mol. The van der Waals surface area contributed by atoms with Crippen molar-refractivity contribution in [3.8, 4) is 0 Å². The molecule has 0 aliphatic carbocycles. The van der Waals surface area contributed by atoms with Crippen LogP contribution in [0.2, 0.25) is 5.02 Å². The molecule has 2 heterocycles. The van der Waals surface area contributed by atoms with Crippen molar-refractivity contribution in [2.45, 2.75) is 18.9 Å². The molecule has 2 saturated heterocycles. The third kappa shape index (κ3) is 5.23. The third-order valence-electron chi connectivity index (χ3n) is 4.60. The molecule has 1 aromatic carbocycles. The first-order chi connectivity index (χ1) is 11.6. The van der Waals surface area contributed by atoms with Gasteiger partial charge in [0.15, 0.2) is 0 Å². The Balaban J connectivity index is 0.00000225. The molecule has 1 atom stereocenters. The Morgan fingerprint density at radius 2 is 2.00 bits per heavy atom. The zero-order chi connectivity index (χ0) is 16.9. The molecular weight excluding hydrogens is 363 g/mol. The number of amides is 2. The maximum absolute atomic E-state index is 12.3. The van der Waals surface area contributed by atoms with Crippen molar-refractivity contribution < 1.29 is 9.59 Å². The zero-order valence-corrected chi connectivity index (χ0v) is 15.6. The number of piperazine rings is 1. The number of hydrogen-bond acceptors (Lipinski definition) is 4. The molecule has 0 aromatic heterocycles. The van der Waals surface area contributed by atoms with Gasteiger partial charge < -0.3 is 20.4 Å². The summed E-state index contributed by atoms with van der Waals surface area (Å²) in [5, 5.41) is 6.60. The molecule has 2 amide bonds. The molecule has 2 aliphatic heterocycles. The van der Waals surface area contributed by atoms with E-state index >= 15 is 0 Å². The van der Waals surface area contributed by atoms with Gasteiger partial charge in [-0.25, -0.2) is 0 Å². The van der Waals surface area contributed by atoms with Gasteiger partial charge in [-0.05, 0) is 37.6 Å². The lowest BCUT2D eigenvalue weighted by atomic mass is 10.2. The number of benzene rings is 1. The Hall–Kier alpha value is -1.50. The summed E-state index contributed by atoms with van der Waals surface area (Å²) in [6.45, 7) is 3.80. The van der Waals surface area contributed by atoms with Gasteiger partial charge in [-0.2, -0.15) is 0 Å². The number of halogens is 2. The maximum Gasteiger partial charge on any atom is 0.242 e. The first-order valence-corrected chi connectivity index (χ1v) is 8.80. The Labute approximate surface area is 159 Å². The van der Waals surface area contributed by atoms with Crippen LogP contribution in [0.5, 0.6) is 0 Å². The number of rotatable bonds is 4. The Kier molecular flexibility index (Phi) is 7.35. The average Bonchev–Trinajstić information content (AvgIpc) is 3.14. The van der Waals surface area contributed by atoms with Crippen LogP contribution in [-0.4, -0.2) is 62.0 Å². The highest BCUT2D eigenvalue weighted by molar-refractivity contribution is 6.30. The summed E-state index contributed by atoms with van der Waals surface area (Å²) >= 11 is 6.03. The predicted octanol–water partition coefficient (Wildman–Crippen LogP) is 1.28. The fraction of sp³-hybridized carbons (Fsp3) is 0.529. The molecule has 0 bridgehead atoms. The van der Waals surface area contributed by atoms with Gasteiger partial charge in [-0.15, -0.1) is 12.4 Å². The standard InChI is InChI=1S/C17H23ClN4O2.ClH/c18-13-3-1-4-14(11-13)21-7-9-22(10-8-21)16(23)12-20-17(24)15-5-2-6-19-15;/h1,3-4,11,15,19H,2,5-10,12H2,(H,20,24);1H. The molecule has 2 aliphatic rings. The molecular formula is C17H24Cl2N4O2. The minimum absolute atomic E-state index is 0. The van der Waals surface area contributed by atoms with Crippen molar-refractivity contribution in [1.82, 2.24) is 15.5 Å². The summed E-state index contributed by atoms with van der Waals surface area (Å²) in [6.07, 6.45) is 1.86. The zero-order valence-electron chi connectivity index (χ0n) is 14.0. The minimum Gasteiger partial charge on any atom is -0.368 e. The largest absolute Gasteiger partial charge is 0.368 e. The van der Waals surface area contributed by atoms with Crippen LogP contribution in [0, 0.1) is 0 Å². The van der Waals surface area contributed by atoms with E-state index in [2.05, 4.69) is 15.5 Å². The van der Waals surface area contributed by atoms with Crippen molar-refractivity contribution >= 4 is 41.5 Å². The smallest absolute Gasteiger partial charge is 0.242 e. The number of nitrogens with zero attached hydrogens (tertiary/aromatic N) is 2. The molecule has 138 valence electrons. The van der Waals surface area contributed by atoms with E-state index in [-0.39, 0.29) is 36.8 Å². The Morgan fingerprint density at radius 3 is 2.64 bits per heavy atom. The van der Waals surface area contributed by atoms with Crippen LogP contribution in [0.25, 0.3) is 0 Å². The van der Waals surface area contributed by atoms with Crippen LogP contribution in [0.1, 0.15) is 12.8 Å². The van der Waals surface area contributed by atoms with Gasteiger partial charge in [0.2, 0.25) is 11.8 Å². The fourth-order valence-corrected chi connectivity index (χ4v) is 3.38. The van der Waals surface area contributed by atoms with Gasteiger partial charge in [0.1, 0.15) is 0 Å². The van der Waals surface area contributed by atoms with Crippen molar-refractivity contribution in [2.75, 3.05) is 44.2 Å².